The number of aryl methyl sites for hydroxylation is 1. The summed E-state index contributed by atoms with van der Waals surface area (Å²) in [6.45, 7) is 7.88. The Hall–Kier alpha value is -2.21. The molecule has 1 aromatic carbocycles. The monoisotopic (exact) mass is 359 g/mol. The van der Waals surface area contributed by atoms with Crippen LogP contribution in [0, 0.1) is 24.6 Å². The molecule has 1 fully saturated rings. The molecule has 2 heterocycles. The maximum Gasteiger partial charge on any atom is 0.252 e. The van der Waals surface area contributed by atoms with Gasteiger partial charge in [0.2, 0.25) is 5.91 Å². The number of H-pyrrole nitrogens is 1. The fraction of sp³-hybridized carbons (Fsp3) is 0.500. The first-order valence-corrected chi connectivity index (χ1v) is 9.18. The van der Waals surface area contributed by atoms with Crippen molar-refractivity contribution in [2.75, 3.05) is 13.1 Å². The van der Waals surface area contributed by atoms with Crippen LogP contribution in [0.5, 0.6) is 0 Å². The third-order valence-corrected chi connectivity index (χ3v) is 5.62. The number of piperidine rings is 1. The second-order valence-electron chi connectivity index (χ2n) is 7.41. The summed E-state index contributed by atoms with van der Waals surface area (Å²) in [7, 11) is 0. The van der Waals surface area contributed by atoms with Crippen LogP contribution < -0.4 is 16.2 Å². The van der Waals surface area contributed by atoms with Gasteiger partial charge in [-0.25, -0.2) is 4.39 Å². The van der Waals surface area contributed by atoms with Gasteiger partial charge in [-0.15, -0.1) is 0 Å². The summed E-state index contributed by atoms with van der Waals surface area (Å²) in [4.78, 5) is 27.6. The number of hydrogen-bond donors (Lipinski definition) is 3. The van der Waals surface area contributed by atoms with Crippen LogP contribution in [0.2, 0.25) is 0 Å². The molecule has 1 aromatic heterocycles. The Balaban J connectivity index is 1.77. The second-order valence-corrected chi connectivity index (χ2v) is 7.41. The lowest BCUT2D eigenvalue weighted by atomic mass is 9.83. The van der Waals surface area contributed by atoms with Crippen molar-refractivity contribution < 1.29 is 9.18 Å². The molecule has 3 N–H and O–H groups in total. The van der Waals surface area contributed by atoms with Crippen LogP contribution in [-0.2, 0) is 11.2 Å². The lowest BCUT2D eigenvalue weighted by molar-refractivity contribution is -0.121. The largest absolute Gasteiger partial charge is 0.353 e. The fourth-order valence-corrected chi connectivity index (χ4v) is 3.94. The van der Waals surface area contributed by atoms with Crippen molar-refractivity contribution in [1.29, 1.82) is 0 Å². The number of amides is 1. The van der Waals surface area contributed by atoms with Gasteiger partial charge in [0.25, 0.3) is 5.56 Å². The molecule has 0 saturated carbocycles. The SMILES string of the molecule is Cc1c(CC(=O)N[C@@H](C)C2CNCCC2C)c(=O)[nH]c2ccc(F)cc12. The van der Waals surface area contributed by atoms with E-state index in [2.05, 4.69) is 22.5 Å². The molecular formula is C20H26FN3O2. The van der Waals surface area contributed by atoms with Crippen molar-refractivity contribution >= 4 is 16.8 Å². The van der Waals surface area contributed by atoms with Crippen molar-refractivity contribution in [2.45, 2.75) is 39.7 Å². The van der Waals surface area contributed by atoms with E-state index in [1.54, 1.807) is 13.0 Å². The van der Waals surface area contributed by atoms with E-state index < -0.39 is 0 Å². The van der Waals surface area contributed by atoms with Crippen LogP contribution in [0.3, 0.4) is 0 Å². The van der Waals surface area contributed by atoms with Gasteiger partial charge in [0, 0.05) is 29.1 Å². The first-order valence-electron chi connectivity index (χ1n) is 9.18. The number of aromatic nitrogens is 1. The maximum atomic E-state index is 13.5. The van der Waals surface area contributed by atoms with Gasteiger partial charge in [0.1, 0.15) is 5.82 Å². The molecule has 1 amide bonds. The first-order chi connectivity index (χ1) is 12.4. The molecule has 5 nitrogen and oxygen atoms in total. The van der Waals surface area contributed by atoms with E-state index in [0.717, 1.165) is 19.5 Å². The van der Waals surface area contributed by atoms with Gasteiger partial charge >= 0.3 is 0 Å². The predicted molar refractivity (Wildman–Crippen MR) is 101 cm³/mol. The van der Waals surface area contributed by atoms with Crippen molar-refractivity contribution in [2.24, 2.45) is 11.8 Å². The number of carbonyl (C=O) groups excluding carboxylic acids is 1. The highest BCUT2D eigenvalue weighted by molar-refractivity contribution is 5.85. The van der Waals surface area contributed by atoms with E-state index in [0.29, 0.717) is 33.9 Å². The summed E-state index contributed by atoms with van der Waals surface area (Å²) in [5.41, 5.74) is 1.33. The topological polar surface area (TPSA) is 74.0 Å². The van der Waals surface area contributed by atoms with E-state index in [1.807, 2.05) is 6.92 Å². The zero-order chi connectivity index (χ0) is 18.8. The minimum absolute atomic E-state index is 0.00745. The minimum Gasteiger partial charge on any atom is -0.353 e. The Labute approximate surface area is 152 Å². The molecule has 0 aliphatic carbocycles. The summed E-state index contributed by atoms with van der Waals surface area (Å²) >= 11 is 0. The molecule has 0 spiro atoms. The average Bonchev–Trinajstić information content (AvgIpc) is 2.59. The maximum absolute atomic E-state index is 13.5. The van der Waals surface area contributed by atoms with Gasteiger partial charge in [-0.2, -0.15) is 0 Å². The van der Waals surface area contributed by atoms with Crippen LogP contribution in [0.15, 0.2) is 23.0 Å². The van der Waals surface area contributed by atoms with Gasteiger partial charge in [0.05, 0.1) is 6.42 Å². The summed E-state index contributed by atoms with van der Waals surface area (Å²) in [6, 6.07) is 4.27. The number of rotatable bonds is 4. The molecule has 2 aromatic rings. The second kappa shape index (κ2) is 7.58. The number of pyridine rings is 1. The summed E-state index contributed by atoms with van der Waals surface area (Å²) < 4.78 is 13.5. The molecular weight excluding hydrogens is 333 g/mol. The van der Waals surface area contributed by atoms with Gasteiger partial charge in [0.15, 0.2) is 0 Å². The lowest BCUT2D eigenvalue weighted by Crippen LogP contribution is -2.48. The molecule has 0 bridgehead atoms. The Bertz CT molecular complexity index is 877. The quantitative estimate of drug-likeness (QED) is 0.784. The van der Waals surface area contributed by atoms with Crippen molar-refractivity contribution in [3.63, 3.8) is 0 Å². The highest BCUT2D eigenvalue weighted by atomic mass is 19.1. The number of benzene rings is 1. The van der Waals surface area contributed by atoms with Crippen LogP contribution in [0.25, 0.3) is 10.9 Å². The first kappa shape index (κ1) is 18.6. The van der Waals surface area contributed by atoms with Gasteiger partial charge < -0.3 is 15.6 Å². The Kier molecular flexibility index (Phi) is 5.41. The van der Waals surface area contributed by atoms with Crippen LogP contribution in [0.4, 0.5) is 4.39 Å². The molecule has 140 valence electrons. The van der Waals surface area contributed by atoms with Crippen LogP contribution >= 0.6 is 0 Å². The molecule has 1 aliphatic heterocycles. The zero-order valence-electron chi connectivity index (χ0n) is 15.5. The number of hydrogen-bond acceptors (Lipinski definition) is 3. The smallest absolute Gasteiger partial charge is 0.252 e. The van der Waals surface area contributed by atoms with Crippen molar-refractivity contribution in [3.8, 4) is 0 Å². The van der Waals surface area contributed by atoms with Crippen molar-refractivity contribution in [3.05, 3.63) is 45.5 Å². The summed E-state index contributed by atoms with van der Waals surface area (Å²) in [5.74, 6) is 0.369. The zero-order valence-corrected chi connectivity index (χ0v) is 15.5. The standard InChI is InChI=1S/C20H26FN3O2/c1-11-6-7-22-10-17(11)13(3)23-19(25)9-16-12(2)15-8-14(21)4-5-18(15)24-20(16)26/h4-5,8,11,13,17,22H,6-7,9-10H2,1-3H3,(H,23,25)(H,24,26)/t11?,13-,17?/m0/s1. The molecule has 1 saturated heterocycles. The third kappa shape index (κ3) is 3.80. The Morgan fingerprint density at radius 3 is 2.92 bits per heavy atom. The van der Waals surface area contributed by atoms with Gasteiger partial charge in [-0.1, -0.05) is 6.92 Å². The lowest BCUT2D eigenvalue weighted by Gasteiger charge is -2.34. The molecule has 3 atom stereocenters. The number of carbonyl (C=O) groups is 1. The normalized spacial score (nSPS) is 21.5. The van der Waals surface area contributed by atoms with E-state index in [1.165, 1.54) is 12.1 Å². The number of aromatic amines is 1. The molecule has 0 radical (unpaired) electrons. The number of nitrogens with one attached hydrogen (secondary N) is 3. The van der Waals surface area contributed by atoms with Crippen LogP contribution in [0.1, 0.15) is 31.4 Å². The molecule has 2 unspecified atom stereocenters. The van der Waals surface area contributed by atoms with E-state index >= 15 is 0 Å². The molecule has 6 heteroatoms. The molecule has 1 aliphatic rings. The Morgan fingerprint density at radius 2 is 2.19 bits per heavy atom. The van der Waals surface area contributed by atoms with Crippen molar-refractivity contribution in [1.82, 2.24) is 15.6 Å². The van der Waals surface area contributed by atoms with Crippen LogP contribution in [-0.4, -0.2) is 30.0 Å². The highest BCUT2D eigenvalue weighted by Gasteiger charge is 2.27. The van der Waals surface area contributed by atoms with E-state index in [4.69, 9.17) is 0 Å². The molecule has 3 rings (SSSR count). The summed E-state index contributed by atoms with van der Waals surface area (Å²) in [6.07, 6.45) is 1.09. The number of fused-ring (bicyclic) bond motifs is 1. The number of halogens is 1. The van der Waals surface area contributed by atoms with E-state index in [-0.39, 0.29) is 29.7 Å². The minimum atomic E-state index is -0.365. The predicted octanol–water partition coefficient (Wildman–Crippen LogP) is 2.27. The third-order valence-electron chi connectivity index (χ3n) is 5.62. The molecule has 26 heavy (non-hydrogen) atoms. The highest BCUT2D eigenvalue weighted by Crippen LogP contribution is 2.22. The van der Waals surface area contributed by atoms with E-state index in [9.17, 15) is 14.0 Å². The van der Waals surface area contributed by atoms with Gasteiger partial charge in [-0.05, 0) is 62.4 Å². The fourth-order valence-electron chi connectivity index (χ4n) is 3.94. The Morgan fingerprint density at radius 1 is 1.42 bits per heavy atom. The summed E-state index contributed by atoms with van der Waals surface area (Å²) in [5, 5.41) is 7.04. The van der Waals surface area contributed by atoms with Gasteiger partial charge in [-0.3, -0.25) is 9.59 Å². The average molecular weight is 359 g/mol.